The summed E-state index contributed by atoms with van der Waals surface area (Å²) >= 11 is 3.55. The van der Waals surface area contributed by atoms with Gasteiger partial charge in [-0.15, -0.1) is 23.1 Å². The van der Waals surface area contributed by atoms with E-state index in [1.54, 1.807) is 23.7 Å². The summed E-state index contributed by atoms with van der Waals surface area (Å²) in [5.41, 5.74) is 3.83. The number of nitrogens with one attached hydrogen (secondary N) is 1. The Balaban J connectivity index is 1.59. The van der Waals surface area contributed by atoms with E-state index in [0.29, 0.717) is 18.1 Å². The SMILES string of the molecule is Cc1nc(-c2ccc(-c3ccc([C@@]4(CC(=O)NO)CCCCS4)s3)cc2)no1. The summed E-state index contributed by atoms with van der Waals surface area (Å²) < 4.78 is 4.79. The smallest absolute Gasteiger partial charge is 0.245 e. The largest absolute Gasteiger partial charge is 0.339 e. The van der Waals surface area contributed by atoms with Gasteiger partial charge in [0.2, 0.25) is 17.6 Å². The zero-order valence-corrected chi connectivity index (χ0v) is 17.1. The zero-order valence-electron chi connectivity index (χ0n) is 15.5. The molecule has 8 heteroatoms. The first-order chi connectivity index (χ1) is 13.6. The molecule has 1 aliphatic heterocycles. The number of hydrogen-bond donors (Lipinski definition) is 2. The van der Waals surface area contributed by atoms with E-state index in [4.69, 9.17) is 9.73 Å². The maximum atomic E-state index is 11.9. The van der Waals surface area contributed by atoms with Crippen LogP contribution in [0.3, 0.4) is 0 Å². The van der Waals surface area contributed by atoms with E-state index < -0.39 is 0 Å². The van der Waals surface area contributed by atoms with Gasteiger partial charge in [-0.05, 0) is 36.3 Å². The average Bonchev–Trinajstić information content (AvgIpc) is 3.38. The van der Waals surface area contributed by atoms with Crippen LogP contribution < -0.4 is 5.48 Å². The number of thioether (sulfide) groups is 1. The van der Waals surface area contributed by atoms with Gasteiger partial charge in [0.15, 0.2) is 0 Å². The Morgan fingerprint density at radius 3 is 2.64 bits per heavy atom. The Bertz CT molecular complexity index is 959. The molecule has 1 fully saturated rings. The lowest BCUT2D eigenvalue weighted by atomic mass is 9.94. The van der Waals surface area contributed by atoms with Gasteiger partial charge in [0.25, 0.3) is 0 Å². The molecule has 2 aromatic heterocycles. The molecule has 0 spiro atoms. The first-order valence-electron chi connectivity index (χ1n) is 9.18. The summed E-state index contributed by atoms with van der Waals surface area (Å²) in [7, 11) is 0. The van der Waals surface area contributed by atoms with Gasteiger partial charge >= 0.3 is 0 Å². The van der Waals surface area contributed by atoms with Crippen LogP contribution >= 0.6 is 23.1 Å². The molecule has 3 aromatic rings. The number of benzene rings is 1. The monoisotopic (exact) mass is 415 g/mol. The fourth-order valence-corrected chi connectivity index (χ4v) is 6.41. The van der Waals surface area contributed by atoms with E-state index in [1.165, 1.54) is 11.3 Å². The molecule has 0 aliphatic carbocycles. The lowest BCUT2D eigenvalue weighted by Crippen LogP contribution is -2.32. The third-order valence-electron chi connectivity index (χ3n) is 4.93. The Morgan fingerprint density at radius 2 is 2.00 bits per heavy atom. The van der Waals surface area contributed by atoms with Crippen LogP contribution in [0, 0.1) is 6.92 Å². The van der Waals surface area contributed by atoms with Crippen LogP contribution in [-0.2, 0) is 9.54 Å². The standard InChI is InChI=1S/C20H21N3O3S2/c1-13-21-19(23-26-13)15-6-4-14(5-7-15)16-8-9-17(28-16)20(12-18(24)22-25)10-2-3-11-27-20/h4-9,25H,2-3,10-12H2,1H3,(H,22,24)/t20-/m0/s1. The number of rotatable bonds is 5. The second-order valence-electron chi connectivity index (χ2n) is 6.89. The Hall–Kier alpha value is -2.16. The van der Waals surface area contributed by atoms with Crippen molar-refractivity contribution in [2.24, 2.45) is 0 Å². The van der Waals surface area contributed by atoms with Crippen LogP contribution in [0.5, 0.6) is 0 Å². The van der Waals surface area contributed by atoms with E-state index in [2.05, 4.69) is 34.4 Å². The molecule has 146 valence electrons. The molecule has 1 saturated heterocycles. The highest BCUT2D eigenvalue weighted by molar-refractivity contribution is 8.00. The van der Waals surface area contributed by atoms with Crippen molar-refractivity contribution in [3.05, 3.63) is 47.2 Å². The number of aromatic nitrogens is 2. The predicted octanol–water partition coefficient (Wildman–Crippen LogP) is 4.78. The van der Waals surface area contributed by atoms with E-state index in [1.807, 2.05) is 23.9 Å². The summed E-state index contributed by atoms with van der Waals surface area (Å²) in [6.07, 6.45) is 3.51. The zero-order chi connectivity index (χ0) is 19.6. The quantitative estimate of drug-likeness (QED) is 0.460. The maximum Gasteiger partial charge on any atom is 0.245 e. The second kappa shape index (κ2) is 8.06. The van der Waals surface area contributed by atoms with E-state index in [9.17, 15) is 4.79 Å². The van der Waals surface area contributed by atoms with Gasteiger partial charge in [0.05, 0.1) is 4.75 Å². The van der Waals surface area contributed by atoms with Gasteiger partial charge in [-0.2, -0.15) is 4.98 Å². The lowest BCUT2D eigenvalue weighted by Gasteiger charge is -2.35. The van der Waals surface area contributed by atoms with Gasteiger partial charge in [-0.1, -0.05) is 35.8 Å². The van der Waals surface area contributed by atoms with Gasteiger partial charge < -0.3 is 4.52 Å². The molecular weight excluding hydrogens is 394 g/mol. The van der Waals surface area contributed by atoms with E-state index >= 15 is 0 Å². The molecule has 1 aliphatic rings. The Kier molecular flexibility index (Phi) is 5.52. The molecule has 1 atom stereocenters. The van der Waals surface area contributed by atoms with Crippen molar-refractivity contribution in [1.29, 1.82) is 0 Å². The van der Waals surface area contributed by atoms with Crippen molar-refractivity contribution in [3.8, 4) is 21.8 Å². The van der Waals surface area contributed by atoms with Crippen LogP contribution in [0.2, 0.25) is 0 Å². The molecular formula is C20H21N3O3S2. The maximum absolute atomic E-state index is 11.9. The molecule has 1 aromatic carbocycles. The van der Waals surface area contributed by atoms with Gasteiger partial charge in [0, 0.05) is 28.7 Å². The van der Waals surface area contributed by atoms with E-state index in [-0.39, 0.29) is 10.7 Å². The van der Waals surface area contributed by atoms with Crippen molar-refractivity contribution in [2.45, 2.75) is 37.4 Å². The predicted molar refractivity (Wildman–Crippen MR) is 110 cm³/mol. The number of thiophene rings is 1. The number of aryl methyl sites for hydroxylation is 1. The number of nitrogens with zero attached hydrogens (tertiary/aromatic N) is 2. The number of carbonyl (C=O) groups excluding carboxylic acids is 1. The minimum Gasteiger partial charge on any atom is -0.339 e. The van der Waals surface area contributed by atoms with Crippen molar-refractivity contribution in [2.75, 3.05) is 5.75 Å². The summed E-state index contributed by atoms with van der Waals surface area (Å²) in [5, 5.41) is 13.0. The molecule has 28 heavy (non-hydrogen) atoms. The van der Waals surface area contributed by atoms with Crippen molar-refractivity contribution >= 4 is 29.0 Å². The van der Waals surface area contributed by atoms with Gasteiger partial charge in [-0.3, -0.25) is 10.0 Å². The van der Waals surface area contributed by atoms with Gasteiger partial charge in [0.1, 0.15) is 0 Å². The number of amides is 1. The molecule has 0 unspecified atom stereocenters. The highest BCUT2D eigenvalue weighted by Crippen LogP contribution is 2.50. The summed E-state index contributed by atoms with van der Waals surface area (Å²) in [5.74, 6) is 1.84. The number of carbonyl (C=O) groups is 1. The van der Waals surface area contributed by atoms with Crippen LogP contribution in [-0.4, -0.2) is 27.0 Å². The molecule has 0 saturated carbocycles. The highest BCUT2D eigenvalue weighted by Gasteiger charge is 2.38. The van der Waals surface area contributed by atoms with Crippen LogP contribution in [0.25, 0.3) is 21.8 Å². The number of hydroxylamine groups is 1. The van der Waals surface area contributed by atoms with Crippen molar-refractivity contribution in [3.63, 3.8) is 0 Å². The summed E-state index contributed by atoms with van der Waals surface area (Å²) in [4.78, 5) is 18.5. The Morgan fingerprint density at radius 1 is 1.21 bits per heavy atom. The van der Waals surface area contributed by atoms with Crippen molar-refractivity contribution < 1.29 is 14.5 Å². The molecule has 6 nitrogen and oxygen atoms in total. The molecule has 4 rings (SSSR count). The molecule has 0 radical (unpaired) electrons. The Labute approximate surface area is 171 Å². The van der Waals surface area contributed by atoms with Crippen LogP contribution in [0.4, 0.5) is 0 Å². The fraction of sp³-hybridized carbons (Fsp3) is 0.350. The van der Waals surface area contributed by atoms with Gasteiger partial charge in [-0.25, -0.2) is 5.48 Å². The lowest BCUT2D eigenvalue weighted by molar-refractivity contribution is -0.129. The highest BCUT2D eigenvalue weighted by atomic mass is 32.2. The third kappa shape index (κ3) is 3.85. The summed E-state index contributed by atoms with van der Waals surface area (Å²) in [6, 6.07) is 12.3. The normalized spacial score (nSPS) is 19.5. The minimum atomic E-state index is -0.330. The molecule has 0 bridgehead atoms. The minimum absolute atomic E-state index is 0.254. The van der Waals surface area contributed by atoms with Crippen LogP contribution in [0.1, 0.15) is 36.5 Å². The molecule has 2 N–H and O–H groups in total. The third-order valence-corrected chi connectivity index (χ3v) is 8.02. The molecule has 3 heterocycles. The first kappa shape index (κ1) is 19.2. The van der Waals surface area contributed by atoms with Crippen molar-refractivity contribution in [1.82, 2.24) is 15.6 Å². The van der Waals surface area contributed by atoms with E-state index in [0.717, 1.165) is 34.6 Å². The topological polar surface area (TPSA) is 88.2 Å². The van der Waals surface area contributed by atoms with Crippen LogP contribution in [0.15, 0.2) is 40.9 Å². The average molecular weight is 416 g/mol. The molecule has 1 amide bonds. The fourth-order valence-electron chi connectivity index (χ4n) is 3.51. The number of hydrogen-bond acceptors (Lipinski definition) is 7. The second-order valence-corrected chi connectivity index (χ2v) is 9.45. The summed E-state index contributed by atoms with van der Waals surface area (Å²) in [6.45, 7) is 1.77. The first-order valence-corrected chi connectivity index (χ1v) is 11.0.